The van der Waals surface area contributed by atoms with Gasteiger partial charge in [0.25, 0.3) is 0 Å². The van der Waals surface area contributed by atoms with Crippen molar-refractivity contribution in [2.24, 2.45) is 0 Å². The smallest absolute Gasteiger partial charge is 0.159 e. The Morgan fingerprint density at radius 1 is 0.442 bits per heavy atom. The maximum Gasteiger partial charge on any atom is 0.159 e. The van der Waals surface area contributed by atoms with Gasteiger partial charge >= 0.3 is 0 Å². The number of para-hydroxylation sites is 2. The Morgan fingerprint density at radius 3 is 2.00 bits per heavy atom. The topological polar surface area (TPSA) is 29.5 Å². The second-order valence-corrected chi connectivity index (χ2v) is 14.5. The lowest BCUT2D eigenvalue weighted by Gasteiger charge is -2.28. The molecule has 1 aliphatic carbocycles. The molecule has 0 spiro atoms. The summed E-state index contributed by atoms with van der Waals surface area (Å²) in [5, 5.41) is 6.72. The van der Waals surface area contributed by atoms with Gasteiger partial charge in [-0.2, -0.15) is 0 Å². The Labute approximate surface area is 301 Å². The largest absolute Gasteiger partial charge is 0.456 e. The molecular formula is C49H33NO2. The van der Waals surface area contributed by atoms with Crippen molar-refractivity contribution in [2.45, 2.75) is 19.3 Å². The van der Waals surface area contributed by atoms with Gasteiger partial charge in [0.15, 0.2) is 5.58 Å². The lowest BCUT2D eigenvalue weighted by Crippen LogP contribution is -2.16. The number of hydrogen-bond acceptors (Lipinski definition) is 3. The van der Waals surface area contributed by atoms with E-state index in [0.29, 0.717) is 0 Å². The van der Waals surface area contributed by atoms with E-state index in [1.54, 1.807) is 0 Å². The molecule has 0 aliphatic heterocycles. The lowest BCUT2D eigenvalue weighted by atomic mass is 9.82. The number of fused-ring (bicyclic) bond motifs is 11. The molecule has 0 saturated carbocycles. The monoisotopic (exact) mass is 667 g/mol. The van der Waals surface area contributed by atoms with Crippen LogP contribution in [0, 0.1) is 0 Å². The average molecular weight is 668 g/mol. The molecule has 0 atom stereocenters. The number of anilines is 3. The summed E-state index contributed by atoms with van der Waals surface area (Å²) in [6, 6.07) is 58.7. The molecule has 0 bridgehead atoms. The maximum absolute atomic E-state index is 7.01. The SMILES string of the molecule is CC1(C)c2ccccc2-c2ccc(N(c3ccccc3)c3cc(-c4cccc5ccccc45)cc4c3oc3ccc5oc6ccccc6c5c34)cc21. The third-order valence-electron chi connectivity index (χ3n) is 11.2. The Hall–Kier alpha value is -6.58. The van der Waals surface area contributed by atoms with E-state index in [1.807, 2.05) is 18.2 Å². The first kappa shape index (κ1) is 29.2. The minimum absolute atomic E-state index is 0.141. The Kier molecular flexibility index (Phi) is 6.01. The van der Waals surface area contributed by atoms with Crippen LogP contribution >= 0.6 is 0 Å². The summed E-state index contributed by atoms with van der Waals surface area (Å²) in [4.78, 5) is 2.38. The number of furan rings is 2. The highest BCUT2D eigenvalue weighted by molar-refractivity contribution is 6.27. The fraction of sp³-hybridized carbons (Fsp3) is 0.0612. The van der Waals surface area contributed by atoms with Gasteiger partial charge in [-0.25, -0.2) is 0 Å². The molecule has 11 rings (SSSR count). The average Bonchev–Trinajstić information content (AvgIpc) is 3.83. The number of benzene rings is 8. The van der Waals surface area contributed by atoms with Crippen molar-refractivity contribution in [1.29, 1.82) is 0 Å². The summed E-state index contributed by atoms with van der Waals surface area (Å²) >= 11 is 0. The maximum atomic E-state index is 7.01. The standard InChI is InChI=1S/C49H33NO2/c1-49(2)40-21-10-8-18-36(40)37-24-23-33(29-41(37)49)50(32-15-4-3-5-16-32)42-28-31(35-20-12-14-30-13-6-7-17-34(30)35)27-39-47-45(52-48(39)42)26-25-44-46(47)38-19-9-11-22-43(38)51-44/h3-29H,1-2H3. The first-order chi connectivity index (χ1) is 25.5. The Balaban J connectivity index is 1.26. The first-order valence-corrected chi connectivity index (χ1v) is 17.9. The van der Waals surface area contributed by atoms with Crippen LogP contribution in [0.4, 0.5) is 17.1 Å². The summed E-state index contributed by atoms with van der Waals surface area (Å²) in [7, 11) is 0. The minimum atomic E-state index is -0.141. The molecule has 0 N–H and O–H groups in total. The van der Waals surface area contributed by atoms with Gasteiger partial charge in [0.2, 0.25) is 0 Å². The van der Waals surface area contributed by atoms with E-state index in [0.717, 1.165) is 66.5 Å². The molecule has 0 unspecified atom stereocenters. The van der Waals surface area contributed by atoms with Gasteiger partial charge in [-0.15, -0.1) is 0 Å². The molecule has 1 aliphatic rings. The molecule has 0 amide bonds. The van der Waals surface area contributed by atoms with Crippen LogP contribution in [0.3, 0.4) is 0 Å². The predicted molar refractivity (Wildman–Crippen MR) is 216 cm³/mol. The molecule has 2 heterocycles. The number of nitrogens with zero attached hydrogens (tertiary/aromatic N) is 1. The summed E-state index contributed by atoms with van der Waals surface area (Å²) < 4.78 is 13.4. The van der Waals surface area contributed by atoms with Crippen molar-refractivity contribution in [3.8, 4) is 22.3 Å². The second-order valence-electron chi connectivity index (χ2n) is 14.5. The van der Waals surface area contributed by atoms with Crippen LogP contribution in [-0.2, 0) is 5.41 Å². The molecule has 246 valence electrons. The second kappa shape index (κ2) is 10.7. The third kappa shape index (κ3) is 4.08. The molecule has 0 fully saturated rings. The van der Waals surface area contributed by atoms with E-state index in [-0.39, 0.29) is 5.41 Å². The third-order valence-corrected chi connectivity index (χ3v) is 11.2. The Morgan fingerprint density at radius 2 is 1.12 bits per heavy atom. The normalized spacial score (nSPS) is 13.3. The molecule has 0 saturated heterocycles. The number of hydrogen-bond donors (Lipinski definition) is 0. The van der Waals surface area contributed by atoms with Crippen LogP contribution in [0.1, 0.15) is 25.0 Å². The summed E-state index contributed by atoms with van der Waals surface area (Å²) in [5.74, 6) is 0. The van der Waals surface area contributed by atoms with E-state index in [4.69, 9.17) is 8.83 Å². The van der Waals surface area contributed by atoms with Crippen LogP contribution in [0.15, 0.2) is 173 Å². The fourth-order valence-corrected chi connectivity index (χ4v) is 8.80. The molecule has 3 heteroatoms. The lowest BCUT2D eigenvalue weighted by molar-refractivity contribution is 0.660. The minimum Gasteiger partial charge on any atom is -0.456 e. The van der Waals surface area contributed by atoms with Crippen LogP contribution in [0.2, 0.25) is 0 Å². The van der Waals surface area contributed by atoms with Crippen molar-refractivity contribution >= 4 is 71.7 Å². The molecule has 3 nitrogen and oxygen atoms in total. The van der Waals surface area contributed by atoms with Crippen LogP contribution in [-0.4, -0.2) is 0 Å². The zero-order valence-corrected chi connectivity index (χ0v) is 28.9. The van der Waals surface area contributed by atoms with Crippen molar-refractivity contribution < 1.29 is 8.83 Å². The first-order valence-electron chi connectivity index (χ1n) is 17.9. The van der Waals surface area contributed by atoms with Crippen molar-refractivity contribution in [2.75, 3.05) is 4.90 Å². The Bertz CT molecular complexity index is 3050. The highest BCUT2D eigenvalue weighted by Gasteiger charge is 2.36. The zero-order valence-electron chi connectivity index (χ0n) is 28.9. The highest BCUT2D eigenvalue weighted by Crippen LogP contribution is 2.52. The van der Waals surface area contributed by atoms with E-state index in [2.05, 4.69) is 164 Å². The van der Waals surface area contributed by atoms with Gasteiger partial charge in [-0.1, -0.05) is 123 Å². The van der Waals surface area contributed by atoms with Gasteiger partial charge in [-0.05, 0) is 98.8 Å². The fourth-order valence-electron chi connectivity index (χ4n) is 8.80. The molecule has 0 radical (unpaired) electrons. The quantitative estimate of drug-likeness (QED) is 0.187. The van der Waals surface area contributed by atoms with Gasteiger partial charge in [0, 0.05) is 38.3 Å². The van der Waals surface area contributed by atoms with Crippen molar-refractivity contribution in [3.63, 3.8) is 0 Å². The molecular weight excluding hydrogens is 635 g/mol. The van der Waals surface area contributed by atoms with Crippen molar-refractivity contribution in [3.05, 3.63) is 175 Å². The van der Waals surface area contributed by atoms with E-state index in [9.17, 15) is 0 Å². The van der Waals surface area contributed by atoms with E-state index < -0.39 is 0 Å². The number of rotatable bonds is 4. The molecule has 2 aromatic heterocycles. The summed E-state index contributed by atoms with van der Waals surface area (Å²) in [5.41, 5.74) is 14.0. The zero-order chi connectivity index (χ0) is 34.6. The summed E-state index contributed by atoms with van der Waals surface area (Å²) in [6.07, 6.45) is 0. The highest BCUT2D eigenvalue weighted by atomic mass is 16.3. The van der Waals surface area contributed by atoms with Gasteiger partial charge in [0.1, 0.15) is 16.7 Å². The predicted octanol–water partition coefficient (Wildman–Crippen LogP) is 14.1. The van der Waals surface area contributed by atoms with Gasteiger partial charge < -0.3 is 13.7 Å². The van der Waals surface area contributed by atoms with E-state index in [1.165, 1.54) is 38.6 Å². The molecule has 10 aromatic rings. The molecule has 52 heavy (non-hydrogen) atoms. The van der Waals surface area contributed by atoms with Crippen molar-refractivity contribution in [1.82, 2.24) is 0 Å². The summed E-state index contributed by atoms with van der Waals surface area (Å²) in [6.45, 7) is 4.68. The van der Waals surface area contributed by atoms with Crippen LogP contribution in [0.5, 0.6) is 0 Å². The van der Waals surface area contributed by atoms with Crippen LogP contribution < -0.4 is 4.90 Å². The van der Waals surface area contributed by atoms with E-state index >= 15 is 0 Å². The van der Waals surface area contributed by atoms with Gasteiger partial charge in [-0.3, -0.25) is 0 Å². The van der Waals surface area contributed by atoms with Gasteiger partial charge in [0.05, 0.1) is 5.69 Å². The van der Waals surface area contributed by atoms with Crippen LogP contribution in [0.25, 0.3) is 76.9 Å². The molecule has 8 aromatic carbocycles.